The van der Waals surface area contributed by atoms with Crippen molar-refractivity contribution in [3.05, 3.63) is 47.5 Å². The van der Waals surface area contributed by atoms with Crippen molar-refractivity contribution in [1.29, 1.82) is 5.41 Å². The van der Waals surface area contributed by atoms with E-state index in [1.165, 1.54) is 0 Å². The minimum atomic E-state index is -1.57. The summed E-state index contributed by atoms with van der Waals surface area (Å²) in [5.74, 6) is 1.18. The number of nitrogens with two attached hydrogens (primary N) is 1. The lowest BCUT2D eigenvalue weighted by atomic mass is 9.99. The van der Waals surface area contributed by atoms with E-state index in [9.17, 15) is 20.4 Å². The van der Waals surface area contributed by atoms with Crippen LogP contribution in [-0.4, -0.2) is 76.8 Å². The van der Waals surface area contributed by atoms with Gasteiger partial charge in [-0.2, -0.15) is 0 Å². The number of benzene rings is 2. The first-order valence-corrected chi connectivity index (χ1v) is 11.4. The van der Waals surface area contributed by atoms with Crippen LogP contribution in [0.5, 0.6) is 17.2 Å². The highest BCUT2D eigenvalue weighted by Gasteiger charge is 2.45. The SMILES string of the molecule is CCOc1cc(CNc2ccc(C(=N)N)cc2)c(O[C@@H]2O[C@H](CO)[C@@H](O)[C@H](O)[C@H]2O)cc1OCC. The Morgan fingerprint density at radius 1 is 0.971 bits per heavy atom. The number of hydrogen-bond acceptors (Lipinski definition) is 10. The van der Waals surface area contributed by atoms with Crippen molar-refractivity contribution >= 4 is 11.5 Å². The topological polar surface area (TPSA) is 180 Å². The van der Waals surface area contributed by atoms with Crippen LogP contribution in [0.3, 0.4) is 0 Å². The molecule has 1 aliphatic rings. The van der Waals surface area contributed by atoms with Gasteiger partial charge in [-0.25, -0.2) is 0 Å². The Kier molecular flexibility index (Phi) is 9.13. The molecule has 0 aliphatic carbocycles. The van der Waals surface area contributed by atoms with Crippen LogP contribution in [0.15, 0.2) is 36.4 Å². The van der Waals surface area contributed by atoms with Crippen molar-refractivity contribution in [3.8, 4) is 17.2 Å². The summed E-state index contributed by atoms with van der Waals surface area (Å²) >= 11 is 0. The lowest BCUT2D eigenvalue weighted by molar-refractivity contribution is -0.277. The summed E-state index contributed by atoms with van der Waals surface area (Å²) in [5, 5.41) is 50.8. The normalized spacial score (nSPS) is 24.0. The Morgan fingerprint density at radius 3 is 2.17 bits per heavy atom. The van der Waals surface area contributed by atoms with E-state index in [4.69, 9.17) is 30.1 Å². The standard InChI is InChI=1S/C24H33N3O8/c1-3-32-17-9-14(11-27-15-7-5-13(6-8-15)23(25)26)16(10-18(17)33-4-2)34-24-22(31)21(30)20(29)19(12-28)35-24/h5-10,19-22,24,27-31H,3-4,11-12H2,1-2H3,(H3,25,26)/t19-,20-,21+,22-,24-/m1/s1. The zero-order valence-corrected chi connectivity index (χ0v) is 19.7. The van der Waals surface area contributed by atoms with Crippen LogP contribution in [0.2, 0.25) is 0 Å². The highest BCUT2D eigenvalue weighted by Crippen LogP contribution is 2.37. The predicted molar refractivity (Wildman–Crippen MR) is 128 cm³/mol. The summed E-state index contributed by atoms with van der Waals surface area (Å²) in [5.41, 5.74) is 7.50. The molecule has 192 valence electrons. The number of aliphatic hydroxyl groups is 4. The van der Waals surface area contributed by atoms with E-state index >= 15 is 0 Å². The second kappa shape index (κ2) is 12.0. The molecule has 0 aromatic heterocycles. The van der Waals surface area contributed by atoms with Gasteiger partial charge in [0.2, 0.25) is 6.29 Å². The summed E-state index contributed by atoms with van der Waals surface area (Å²) in [6.45, 7) is 4.17. The molecule has 1 fully saturated rings. The Bertz CT molecular complexity index is 985. The molecule has 8 N–H and O–H groups in total. The van der Waals surface area contributed by atoms with Crippen molar-refractivity contribution in [3.63, 3.8) is 0 Å². The molecule has 0 amide bonds. The van der Waals surface area contributed by atoms with Crippen molar-refractivity contribution in [2.75, 3.05) is 25.1 Å². The number of nitrogen functional groups attached to an aromatic ring is 1. The van der Waals surface area contributed by atoms with Gasteiger partial charge in [-0.15, -0.1) is 0 Å². The molecule has 1 heterocycles. The molecular weight excluding hydrogens is 458 g/mol. The minimum absolute atomic E-state index is 0.0281. The average molecular weight is 492 g/mol. The Balaban J connectivity index is 1.90. The molecule has 1 aliphatic heterocycles. The predicted octanol–water partition coefficient (Wildman–Crippen LogP) is 0.559. The van der Waals surface area contributed by atoms with E-state index in [0.717, 1.165) is 5.69 Å². The van der Waals surface area contributed by atoms with E-state index in [1.807, 2.05) is 13.8 Å². The van der Waals surface area contributed by atoms with E-state index < -0.39 is 37.3 Å². The molecule has 0 saturated carbocycles. The zero-order chi connectivity index (χ0) is 25.5. The fourth-order valence-electron chi connectivity index (χ4n) is 3.62. The monoisotopic (exact) mass is 491 g/mol. The fourth-order valence-corrected chi connectivity index (χ4v) is 3.62. The van der Waals surface area contributed by atoms with Crippen LogP contribution in [0, 0.1) is 5.41 Å². The summed E-state index contributed by atoms with van der Waals surface area (Å²) in [6.07, 6.45) is -7.08. The lowest BCUT2D eigenvalue weighted by Crippen LogP contribution is -2.60. The van der Waals surface area contributed by atoms with Crippen LogP contribution in [0.25, 0.3) is 0 Å². The number of rotatable bonds is 11. The van der Waals surface area contributed by atoms with Gasteiger partial charge in [0.1, 0.15) is 36.0 Å². The van der Waals surface area contributed by atoms with Crippen LogP contribution in [0.4, 0.5) is 5.69 Å². The minimum Gasteiger partial charge on any atom is -0.490 e. The van der Waals surface area contributed by atoms with Crippen molar-refractivity contribution in [1.82, 2.24) is 0 Å². The molecule has 2 aromatic carbocycles. The third kappa shape index (κ3) is 6.32. The zero-order valence-electron chi connectivity index (χ0n) is 19.7. The molecule has 0 unspecified atom stereocenters. The smallest absolute Gasteiger partial charge is 0.229 e. The maximum absolute atomic E-state index is 10.4. The number of amidine groups is 1. The van der Waals surface area contributed by atoms with Crippen molar-refractivity contribution in [2.45, 2.75) is 51.1 Å². The summed E-state index contributed by atoms with van der Waals surface area (Å²) < 4.78 is 22.9. The van der Waals surface area contributed by atoms with Gasteiger partial charge in [-0.3, -0.25) is 5.41 Å². The van der Waals surface area contributed by atoms with Crippen LogP contribution in [-0.2, 0) is 11.3 Å². The highest BCUT2D eigenvalue weighted by molar-refractivity contribution is 5.95. The van der Waals surface area contributed by atoms with Gasteiger partial charge in [0, 0.05) is 29.4 Å². The molecule has 3 rings (SSSR count). The van der Waals surface area contributed by atoms with Gasteiger partial charge in [-0.1, -0.05) is 0 Å². The van der Waals surface area contributed by atoms with Gasteiger partial charge in [0.05, 0.1) is 19.8 Å². The molecular formula is C24H33N3O8. The molecule has 0 bridgehead atoms. The van der Waals surface area contributed by atoms with Gasteiger partial charge >= 0.3 is 0 Å². The molecule has 11 heteroatoms. The average Bonchev–Trinajstić information content (AvgIpc) is 2.85. The maximum atomic E-state index is 10.4. The summed E-state index contributed by atoms with van der Waals surface area (Å²) in [7, 11) is 0. The van der Waals surface area contributed by atoms with Gasteiger partial charge in [-0.05, 0) is 44.2 Å². The molecule has 1 saturated heterocycles. The van der Waals surface area contributed by atoms with Gasteiger partial charge in [0.25, 0.3) is 0 Å². The first-order valence-electron chi connectivity index (χ1n) is 11.4. The maximum Gasteiger partial charge on any atom is 0.229 e. The number of anilines is 1. The number of hydrogen-bond donors (Lipinski definition) is 7. The van der Waals surface area contributed by atoms with E-state index in [-0.39, 0.29) is 18.1 Å². The van der Waals surface area contributed by atoms with E-state index in [1.54, 1.807) is 36.4 Å². The van der Waals surface area contributed by atoms with Gasteiger partial charge < -0.3 is 50.4 Å². The lowest BCUT2D eigenvalue weighted by Gasteiger charge is -2.39. The molecule has 5 atom stereocenters. The molecule has 0 spiro atoms. The molecule has 0 radical (unpaired) electrons. The van der Waals surface area contributed by atoms with E-state index in [2.05, 4.69) is 5.32 Å². The number of ether oxygens (including phenoxy) is 4. The first-order chi connectivity index (χ1) is 16.8. The second-order valence-corrected chi connectivity index (χ2v) is 7.93. The van der Waals surface area contributed by atoms with Crippen molar-refractivity contribution in [2.24, 2.45) is 5.73 Å². The van der Waals surface area contributed by atoms with Crippen LogP contribution < -0.4 is 25.3 Å². The Morgan fingerprint density at radius 2 is 1.60 bits per heavy atom. The second-order valence-electron chi connectivity index (χ2n) is 7.93. The fraction of sp³-hybridized carbons (Fsp3) is 0.458. The Hall–Kier alpha value is -3.09. The van der Waals surface area contributed by atoms with Gasteiger partial charge in [0.15, 0.2) is 11.5 Å². The quantitative estimate of drug-likeness (QED) is 0.173. The van der Waals surface area contributed by atoms with E-state index in [0.29, 0.717) is 35.8 Å². The largest absolute Gasteiger partial charge is 0.490 e. The first kappa shape index (κ1) is 26.5. The van der Waals surface area contributed by atoms with Crippen LogP contribution in [0.1, 0.15) is 25.0 Å². The third-order valence-electron chi connectivity index (χ3n) is 5.50. The highest BCUT2D eigenvalue weighted by atomic mass is 16.7. The Labute approximate surface area is 203 Å². The summed E-state index contributed by atoms with van der Waals surface area (Å²) in [4.78, 5) is 0. The molecule has 11 nitrogen and oxygen atoms in total. The van der Waals surface area contributed by atoms with Crippen molar-refractivity contribution < 1.29 is 39.4 Å². The van der Waals surface area contributed by atoms with Crippen LogP contribution >= 0.6 is 0 Å². The summed E-state index contributed by atoms with van der Waals surface area (Å²) in [6, 6.07) is 10.4. The third-order valence-corrected chi connectivity index (χ3v) is 5.50. The molecule has 2 aromatic rings. The number of aliphatic hydroxyl groups excluding tert-OH is 4. The number of nitrogens with one attached hydrogen (secondary N) is 2. The molecule has 35 heavy (non-hydrogen) atoms.